The van der Waals surface area contributed by atoms with E-state index in [0.29, 0.717) is 0 Å². The predicted molar refractivity (Wildman–Crippen MR) is 89.1 cm³/mol. The maximum atomic E-state index is 5.24. The molecule has 2 heterocycles. The van der Waals surface area contributed by atoms with E-state index in [0.717, 1.165) is 35.9 Å². The van der Waals surface area contributed by atoms with Crippen LogP contribution in [0.3, 0.4) is 0 Å². The number of hydrogen-bond donors (Lipinski definition) is 1. The molecule has 0 fully saturated rings. The number of aryl methyl sites for hydroxylation is 1. The summed E-state index contributed by atoms with van der Waals surface area (Å²) in [5, 5.41) is 7.57. The van der Waals surface area contributed by atoms with Gasteiger partial charge in [-0.2, -0.15) is 5.10 Å². The SMILES string of the molecule is COc1cccc(CCNc2cc(-n3cc(C)cn3)ncn2)c1. The highest BCUT2D eigenvalue weighted by Gasteiger charge is 2.03. The van der Waals surface area contributed by atoms with Crippen LogP contribution < -0.4 is 10.1 Å². The lowest BCUT2D eigenvalue weighted by Gasteiger charge is -2.08. The summed E-state index contributed by atoms with van der Waals surface area (Å²) in [5.41, 5.74) is 2.31. The van der Waals surface area contributed by atoms with Crippen LogP contribution in [0.5, 0.6) is 5.75 Å². The molecule has 23 heavy (non-hydrogen) atoms. The number of methoxy groups -OCH3 is 1. The molecule has 0 saturated heterocycles. The fraction of sp³-hybridized carbons (Fsp3) is 0.235. The Kier molecular flexibility index (Phi) is 4.52. The van der Waals surface area contributed by atoms with Crippen LogP contribution in [-0.4, -0.2) is 33.4 Å². The average molecular weight is 309 g/mol. The molecule has 0 aliphatic heterocycles. The smallest absolute Gasteiger partial charge is 0.158 e. The van der Waals surface area contributed by atoms with Crippen molar-refractivity contribution in [2.45, 2.75) is 13.3 Å². The third kappa shape index (κ3) is 3.85. The Labute approximate surface area is 135 Å². The summed E-state index contributed by atoms with van der Waals surface area (Å²) in [6.07, 6.45) is 6.16. The molecule has 1 aromatic carbocycles. The number of ether oxygens (including phenoxy) is 1. The van der Waals surface area contributed by atoms with E-state index < -0.39 is 0 Å². The van der Waals surface area contributed by atoms with Gasteiger partial charge in [-0.15, -0.1) is 0 Å². The topological polar surface area (TPSA) is 64.9 Å². The molecule has 0 saturated carbocycles. The molecule has 0 spiro atoms. The van der Waals surface area contributed by atoms with Crippen LogP contribution in [0.2, 0.25) is 0 Å². The molecule has 0 amide bonds. The lowest BCUT2D eigenvalue weighted by atomic mass is 10.1. The zero-order valence-electron chi connectivity index (χ0n) is 13.2. The summed E-state index contributed by atoms with van der Waals surface area (Å²) < 4.78 is 6.98. The summed E-state index contributed by atoms with van der Waals surface area (Å²) in [6.45, 7) is 2.78. The van der Waals surface area contributed by atoms with Crippen molar-refractivity contribution >= 4 is 5.82 Å². The van der Waals surface area contributed by atoms with E-state index in [9.17, 15) is 0 Å². The predicted octanol–water partition coefficient (Wildman–Crippen LogP) is 2.63. The molecule has 3 rings (SSSR count). The first-order valence-corrected chi connectivity index (χ1v) is 7.45. The first-order chi connectivity index (χ1) is 11.2. The zero-order valence-corrected chi connectivity index (χ0v) is 13.2. The normalized spacial score (nSPS) is 10.5. The standard InChI is InChI=1S/C17H19N5O/c1-13-10-21-22(11-13)17-9-16(19-12-20-17)18-7-6-14-4-3-5-15(8-14)23-2/h3-5,8-12H,6-7H2,1-2H3,(H,18,19,20). The summed E-state index contributed by atoms with van der Waals surface area (Å²) in [6, 6.07) is 9.95. The van der Waals surface area contributed by atoms with Gasteiger partial charge in [-0.3, -0.25) is 0 Å². The lowest BCUT2D eigenvalue weighted by Crippen LogP contribution is -2.08. The van der Waals surface area contributed by atoms with E-state index >= 15 is 0 Å². The summed E-state index contributed by atoms with van der Waals surface area (Å²) >= 11 is 0. The van der Waals surface area contributed by atoms with Gasteiger partial charge >= 0.3 is 0 Å². The number of anilines is 1. The Hall–Kier alpha value is -2.89. The van der Waals surface area contributed by atoms with Gasteiger partial charge in [-0.1, -0.05) is 12.1 Å². The molecule has 6 heteroatoms. The number of nitrogens with one attached hydrogen (secondary N) is 1. The monoisotopic (exact) mass is 309 g/mol. The van der Waals surface area contributed by atoms with Gasteiger partial charge in [0.1, 0.15) is 17.9 Å². The molecule has 0 radical (unpaired) electrons. The highest BCUT2D eigenvalue weighted by molar-refractivity contribution is 5.40. The molecule has 6 nitrogen and oxygen atoms in total. The lowest BCUT2D eigenvalue weighted by molar-refractivity contribution is 0.414. The highest BCUT2D eigenvalue weighted by atomic mass is 16.5. The summed E-state index contributed by atoms with van der Waals surface area (Å²) in [5.74, 6) is 2.41. The van der Waals surface area contributed by atoms with E-state index in [1.165, 1.54) is 5.56 Å². The quantitative estimate of drug-likeness (QED) is 0.758. The number of rotatable bonds is 6. The van der Waals surface area contributed by atoms with Crippen LogP contribution in [0.4, 0.5) is 5.82 Å². The van der Waals surface area contributed by atoms with Gasteiger partial charge < -0.3 is 10.1 Å². The van der Waals surface area contributed by atoms with E-state index in [4.69, 9.17) is 4.74 Å². The minimum Gasteiger partial charge on any atom is -0.497 e. The van der Waals surface area contributed by atoms with Crippen molar-refractivity contribution in [2.24, 2.45) is 0 Å². The van der Waals surface area contributed by atoms with Crippen LogP contribution in [0, 0.1) is 6.92 Å². The Bertz CT molecular complexity index is 784. The number of aromatic nitrogens is 4. The van der Waals surface area contributed by atoms with Gasteiger partial charge in [-0.05, 0) is 36.6 Å². The van der Waals surface area contributed by atoms with Crippen molar-refractivity contribution in [3.63, 3.8) is 0 Å². The summed E-state index contributed by atoms with van der Waals surface area (Å²) in [7, 11) is 1.68. The number of hydrogen-bond acceptors (Lipinski definition) is 5. The van der Waals surface area contributed by atoms with Crippen molar-refractivity contribution in [3.05, 3.63) is 60.2 Å². The van der Waals surface area contributed by atoms with Crippen LogP contribution in [-0.2, 0) is 6.42 Å². The van der Waals surface area contributed by atoms with Gasteiger partial charge in [-0.25, -0.2) is 14.6 Å². The van der Waals surface area contributed by atoms with Gasteiger partial charge in [0, 0.05) is 18.8 Å². The van der Waals surface area contributed by atoms with Crippen molar-refractivity contribution in [1.29, 1.82) is 0 Å². The number of benzene rings is 1. The fourth-order valence-electron chi connectivity index (χ4n) is 2.27. The molecule has 0 aliphatic carbocycles. The van der Waals surface area contributed by atoms with Gasteiger partial charge in [0.15, 0.2) is 5.82 Å². The van der Waals surface area contributed by atoms with Crippen LogP contribution >= 0.6 is 0 Å². The second-order valence-electron chi connectivity index (χ2n) is 5.25. The van der Waals surface area contributed by atoms with Crippen LogP contribution in [0.25, 0.3) is 5.82 Å². The number of nitrogens with zero attached hydrogens (tertiary/aromatic N) is 4. The molecule has 118 valence electrons. The van der Waals surface area contributed by atoms with Crippen molar-refractivity contribution in [1.82, 2.24) is 19.7 Å². The molecule has 1 N–H and O–H groups in total. The Balaban J connectivity index is 1.62. The van der Waals surface area contributed by atoms with E-state index in [-0.39, 0.29) is 0 Å². The van der Waals surface area contributed by atoms with Crippen molar-refractivity contribution < 1.29 is 4.74 Å². The minimum atomic E-state index is 0.747. The molecule has 3 aromatic rings. The zero-order chi connectivity index (χ0) is 16.1. The molecule has 0 bridgehead atoms. The van der Waals surface area contributed by atoms with E-state index in [1.54, 1.807) is 24.3 Å². The Morgan fingerprint density at radius 1 is 1.22 bits per heavy atom. The van der Waals surface area contributed by atoms with Gasteiger partial charge in [0.25, 0.3) is 0 Å². The van der Waals surface area contributed by atoms with E-state index in [1.807, 2.05) is 37.4 Å². The van der Waals surface area contributed by atoms with Gasteiger partial charge in [0.05, 0.1) is 13.3 Å². The largest absolute Gasteiger partial charge is 0.497 e. The van der Waals surface area contributed by atoms with Crippen molar-refractivity contribution in [3.8, 4) is 11.6 Å². The Morgan fingerprint density at radius 2 is 2.13 bits per heavy atom. The molecule has 0 atom stereocenters. The minimum absolute atomic E-state index is 0.747. The van der Waals surface area contributed by atoms with Crippen LogP contribution in [0.15, 0.2) is 49.1 Å². The second kappa shape index (κ2) is 6.91. The molecule has 2 aromatic heterocycles. The second-order valence-corrected chi connectivity index (χ2v) is 5.25. The van der Waals surface area contributed by atoms with E-state index in [2.05, 4.69) is 26.4 Å². The molecular weight excluding hydrogens is 290 g/mol. The van der Waals surface area contributed by atoms with Crippen LogP contribution in [0.1, 0.15) is 11.1 Å². The molecule has 0 unspecified atom stereocenters. The average Bonchev–Trinajstić information content (AvgIpc) is 3.02. The third-order valence-corrected chi connectivity index (χ3v) is 3.45. The maximum Gasteiger partial charge on any atom is 0.158 e. The first-order valence-electron chi connectivity index (χ1n) is 7.45. The van der Waals surface area contributed by atoms with Crippen molar-refractivity contribution in [2.75, 3.05) is 19.0 Å². The Morgan fingerprint density at radius 3 is 2.91 bits per heavy atom. The summed E-state index contributed by atoms with van der Waals surface area (Å²) in [4.78, 5) is 8.49. The molecule has 0 aliphatic rings. The third-order valence-electron chi connectivity index (χ3n) is 3.45. The maximum absolute atomic E-state index is 5.24. The van der Waals surface area contributed by atoms with Gasteiger partial charge in [0.2, 0.25) is 0 Å². The fourth-order valence-corrected chi connectivity index (χ4v) is 2.27. The molecular formula is C17H19N5O. The highest BCUT2D eigenvalue weighted by Crippen LogP contribution is 2.13. The first kappa shape index (κ1) is 15.0.